The number of nitrogens with zero attached hydrogens (tertiary/aromatic N) is 1. The lowest BCUT2D eigenvalue weighted by Crippen LogP contribution is -2.31. The molecular weight excluding hydrogens is 238 g/mol. The first kappa shape index (κ1) is 12.5. The summed E-state index contributed by atoms with van der Waals surface area (Å²) < 4.78 is 0. The Morgan fingerprint density at radius 3 is 3.18 bits per heavy atom. The van der Waals surface area contributed by atoms with E-state index in [-0.39, 0.29) is 18.6 Å². The van der Waals surface area contributed by atoms with Crippen LogP contribution in [-0.2, 0) is 6.54 Å². The Morgan fingerprint density at radius 1 is 1.65 bits per heavy atom. The Hall–Kier alpha value is -0.950. The van der Waals surface area contributed by atoms with E-state index in [1.807, 2.05) is 6.07 Å². The lowest BCUT2D eigenvalue weighted by Gasteiger charge is -2.21. The number of nitrogens with two attached hydrogens (primary N) is 1. The standard InChI is InChI=1S/C11H17N3O2S/c12-13-11(16)10-4-3-9(17-10)6-14-5-1-2-8(14)7-15/h3-4,8,15H,1-2,5-7,12H2,(H,13,16). The molecule has 0 aliphatic carbocycles. The SMILES string of the molecule is NNC(=O)c1ccc(CN2CCCC2CO)s1. The van der Waals surface area contributed by atoms with E-state index in [0.717, 1.165) is 30.8 Å². The van der Waals surface area contributed by atoms with Crippen molar-refractivity contribution in [1.82, 2.24) is 10.3 Å². The minimum absolute atomic E-state index is 0.210. The Kier molecular flexibility index (Phi) is 4.11. The van der Waals surface area contributed by atoms with Crippen molar-refractivity contribution < 1.29 is 9.90 Å². The molecule has 0 spiro atoms. The smallest absolute Gasteiger partial charge is 0.275 e. The molecule has 0 aromatic carbocycles. The predicted molar refractivity (Wildman–Crippen MR) is 66.5 cm³/mol. The van der Waals surface area contributed by atoms with Gasteiger partial charge in [-0.1, -0.05) is 0 Å². The quantitative estimate of drug-likeness (QED) is 0.411. The zero-order chi connectivity index (χ0) is 12.3. The van der Waals surface area contributed by atoms with E-state index in [4.69, 9.17) is 5.84 Å². The Labute approximate surface area is 104 Å². The molecule has 0 bridgehead atoms. The summed E-state index contributed by atoms with van der Waals surface area (Å²) >= 11 is 1.45. The summed E-state index contributed by atoms with van der Waals surface area (Å²) in [5, 5.41) is 9.23. The highest BCUT2D eigenvalue weighted by Crippen LogP contribution is 2.23. The zero-order valence-corrected chi connectivity index (χ0v) is 10.4. The maximum absolute atomic E-state index is 11.3. The molecule has 1 amide bonds. The van der Waals surface area contributed by atoms with Crippen LogP contribution in [0.2, 0.25) is 0 Å². The van der Waals surface area contributed by atoms with Crippen LogP contribution in [0.25, 0.3) is 0 Å². The molecule has 1 unspecified atom stereocenters. The van der Waals surface area contributed by atoms with Crippen LogP contribution in [0, 0.1) is 0 Å². The number of hydrogen-bond acceptors (Lipinski definition) is 5. The number of hydrazine groups is 1. The van der Waals surface area contributed by atoms with Gasteiger partial charge in [0, 0.05) is 17.5 Å². The van der Waals surface area contributed by atoms with Crippen molar-refractivity contribution in [2.24, 2.45) is 5.84 Å². The fourth-order valence-electron chi connectivity index (χ4n) is 2.17. The van der Waals surface area contributed by atoms with Gasteiger partial charge in [-0.3, -0.25) is 15.1 Å². The maximum Gasteiger partial charge on any atom is 0.275 e. The number of nitrogens with one attached hydrogen (secondary N) is 1. The number of rotatable bonds is 4. The highest BCUT2D eigenvalue weighted by Gasteiger charge is 2.24. The van der Waals surface area contributed by atoms with Crippen molar-refractivity contribution in [1.29, 1.82) is 0 Å². The Morgan fingerprint density at radius 2 is 2.47 bits per heavy atom. The number of hydrogen-bond donors (Lipinski definition) is 3. The summed E-state index contributed by atoms with van der Waals surface area (Å²) in [6.45, 7) is 2.02. The second-order valence-electron chi connectivity index (χ2n) is 4.19. The first-order chi connectivity index (χ1) is 8.24. The molecule has 1 atom stereocenters. The number of aliphatic hydroxyl groups excluding tert-OH is 1. The molecule has 1 aromatic rings. The largest absolute Gasteiger partial charge is 0.395 e. The molecule has 6 heteroatoms. The highest BCUT2D eigenvalue weighted by atomic mass is 32.1. The molecule has 4 N–H and O–H groups in total. The summed E-state index contributed by atoms with van der Waals surface area (Å²) in [6, 6.07) is 4.00. The topological polar surface area (TPSA) is 78.6 Å². The van der Waals surface area contributed by atoms with Gasteiger partial charge in [0.15, 0.2) is 0 Å². The third kappa shape index (κ3) is 2.84. The van der Waals surface area contributed by atoms with Crippen LogP contribution in [0.3, 0.4) is 0 Å². The molecule has 2 rings (SSSR count). The molecule has 1 saturated heterocycles. The van der Waals surface area contributed by atoms with Gasteiger partial charge in [0.05, 0.1) is 11.5 Å². The van der Waals surface area contributed by atoms with Crippen molar-refractivity contribution in [2.75, 3.05) is 13.2 Å². The summed E-state index contributed by atoms with van der Waals surface area (Å²) in [7, 11) is 0. The molecule has 5 nitrogen and oxygen atoms in total. The Balaban J connectivity index is 1.99. The van der Waals surface area contributed by atoms with Crippen molar-refractivity contribution in [3.8, 4) is 0 Å². The van der Waals surface area contributed by atoms with Crippen LogP contribution in [0.4, 0.5) is 0 Å². The minimum atomic E-state index is -0.249. The van der Waals surface area contributed by atoms with Crippen LogP contribution in [-0.4, -0.2) is 35.1 Å². The average molecular weight is 255 g/mol. The number of aliphatic hydroxyl groups is 1. The molecule has 0 radical (unpaired) electrons. The number of nitrogen functional groups attached to an aromatic ring is 1. The van der Waals surface area contributed by atoms with E-state index in [2.05, 4.69) is 10.3 Å². The number of carbonyl (C=O) groups excluding carboxylic acids is 1. The third-order valence-corrected chi connectivity index (χ3v) is 4.15. The highest BCUT2D eigenvalue weighted by molar-refractivity contribution is 7.14. The molecule has 1 aliphatic rings. The first-order valence-electron chi connectivity index (χ1n) is 5.69. The summed E-state index contributed by atoms with van der Waals surface area (Å²) in [6.07, 6.45) is 2.19. The van der Waals surface area contributed by atoms with Crippen LogP contribution in [0.5, 0.6) is 0 Å². The lowest BCUT2D eigenvalue weighted by atomic mass is 10.2. The molecule has 17 heavy (non-hydrogen) atoms. The first-order valence-corrected chi connectivity index (χ1v) is 6.51. The van der Waals surface area contributed by atoms with E-state index < -0.39 is 0 Å². The monoisotopic (exact) mass is 255 g/mol. The molecular formula is C11H17N3O2S. The van der Waals surface area contributed by atoms with Crippen LogP contribution in [0.1, 0.15) is 27.4 Å². The van der Waals surface area contributed by atoms with Crippen molar-refractivity contribution in [3.63, 3.8) is 0 Å². The number of carbonyl (C=O) groups is 1. The van der Waals surface area contributed by atoms with E-state index >= 15 is 0 Å². The van der Waals surface area contributed by atoms with Gasteiger partial charge in [0.2, 0.25) is 0 Å². The van der Waals surface area contributed by atoms with Gasteiger partial charge in [0.1, 0.15) is 0 Å². The van der Waals surface area contributed by atoms with Gasteiger partial charge >= 0.3 is 0 Å². The normalized spacial score (nSPS) is 20.7. The molecule has 1 aliphatic heterocycles. The fraction of sp³-hybridized carbons (Fsp3) is 0.545. The number of likely N-dealkylation sites (tertiary alicyclic amines) is 1. The number of thiophene rings is 1. The maximum atomic E-state index is 11.3. The molecule has 1 fully saturated rings. The van der Waals surface area contributed by atoms with Gasteiger partial charge in [-0.2, -0.15) is 0 Å². The van der Waals surface area contributed by atoms with Crippen LogP contribution in [0.15, 0.2) is 12.1 Å². The number of amides is 1. The van der Waals surface area contributed by atoms with Crippen molar-refractivity contribution >= 4 is 17.2 Å². The van der Waals surface area contributed by atoms with Gasteiger partial charge < -0.3 is 5.11 Å². The minimum Gasteiger partial charge on any atom is -0.395 e. The molecule has 0 saturated carbocycles. The Bertz CT molecular complexity index is 394. The summed E-state index contributed by atoms with van der Waals surface area (Å²) in [5.74, 6) is 4.84. The second kappa shape index (κ2) is 5.59. The zero-order valence-electron chi connectivity index (χ0n) is 9.56. The molecule has 2 heterocycles. The van der Waals surface area contributed by atoms with Gasteiger partial charge in [-0.05, 0) is 31.5 Å². The summed E-state index contributed by atoms with van der Waals surface area (Å²) in [5.41, 5.74) is 2.13. The predicted octanol–water partition coefficient (Wildman–Crippen LogP) is 0.308. The third-order valence-electron chi connectivity index (χ3n) is 3.09. The average Bonchev–Trinajstić information content (AvgIpc) is 2.97. The van der Waals surface area contributed by atoms with Gasteiger partial charge in [-0.25, -0.2) is 5.84 Å². The van der Waals surface area contributed by atoms with E-state index in [9.17, 15) is 9.90 Å². The van der Waals surface area contributed by atoms with Crippen LogP contribution >= 0.6 is 11.3 Å². The van der Waals surface area contributed by atoms with Crippen molar-refractivity contribution in [3.05, 3.63) is 21.9 Å². The molecule has 1 aromatic heterocycles. The summed E-state index contributed by atoms with van der Waals surface area (Å²) in [4.78, 5) is 15.3. The van der Waals surface area contributed by atoms with Gasteiger partial charge in [0.25, 0.3) is 5.91 Å². The van der Waals surface area contributed by atoms with Crippen LogP contribution < -0.4 is 11.3 Å². The van der Waals surface area contributed by atoms with E-state index in [1.165, 1.54) is 11.3 Å². The lowest BCUT2D eigenvalue weighted by molar-refractivity contribution is 0.0957. The fourth-order valence-corrected chi connectivity index (χ4v) is 3.10. The second-order valence-corrected chi connectivity index (χ2v) is 5.36. The van der Waals surface area contributed by atoms with Crippen molar-refractivity contribution in [2.45, 2.75) is 25.4 Å². The van der Waals surface area contributed by atoms with Gasteiger partial charge in [-0.15, -0.1) is 11.3 Å². The van der Waals surface area contributed by atoms with E-state index in [1.54, 1.807) is 6.07 Å². The van der Waals surface area contributed by atoms with E-state index in [0.29, 0.717) is 4.88 Å². The molecule has 94 valence electrons.